The maximum Gasteiger partial charge on any atom is 0.149 e. The first-order chi connectivity index (χ1) is 13.8. The molecule has 8 heteroatoms. The SMILES string of the molecule is Nc1ncc(-c2ccc(I)c(I)c2I)nc1C1=CC=C(c2ccc(I)cc2I)C1. The van der Waals surface area contributed by atoms with Gasteiger partial charge in [0.1, 0.15) is 11.5 Å². The third-order valence-electron chi connectivity index (χ3n) is 4.56. The van der Waals surface area contributed by atoms with E-state index in [-0.39, 0.29) is 0 Å². The summed E-state index contributed by atoms with van der Waals surface area (Å²) in [5.74, 6) is 0.474. The molecule has 0 spiro atoms. The average Bonchev–Trinajstić information content (AvgIpc) is 3.16. The van der Waals surface area contributed by atoms with Gasteiger partial charge in [0.2, 0.25) is 0 Å². The van der Waals surface area contributed by atoms with Crippen molar-refractivity contribution in [3.8, 4) is 11.3 Å². The summed E-state index contributed by atoms with van der Waals surface area (Å²) in [5, 5.41) is 0. The van der Waals surface area contributed by atoms with Gasteiger partial charge in [0.25, 0.3) is 0 Å². The molecule has 0 fully saturated rings. The van der Waals surface area contributed by atoms with Crippen LogP contribution in [0.3, 0.4) is 0 Å². The molecule has 0 bridgehead atoms. The Hall–Kier alpha value is 0.450. The lowest BCUT2D eigenvalue weighted by Crippen LogP contribution is -2.03. The van der Waals surface area contributed by atoms with E-state index in [1.54, 1.807) is 6.20 Å². The van der Waals surface area contributed by atoms with Crippen LogP contribution in [0.2, 0.25) is 0 Å². The highest BCUT2D eigenvalue weighted by molar-refractivity contribution is 14.1. The number of nitrogen functional groups attached to an aromatic ring is 1. The Morgan fingerprint density at radius 1 is 0.793 bits per heavy atom. The van der Waals surface area contributed by atoms with Crippen LogP contribution in [0.4, 0.5) is 5.82 Å². The lowest BCUT2D eigenvalue weighted by Gasteiger charge is -2.12. The number of nitrogens with two attached hydrogens (primary N) is 1. The Labute approximate surface area is 237 Å². The van der Waals surface area contributed by atoms with Crippen LogP contribution in [-0.4, -0.2) is 9.97 Å². The van der Waals surface area contributed by atoms with Crippen LogP contribution in [0, 0.1) is 17.9 Å². The Morgan fingerprint density at radius 3 is 2.28 bits per heavy atom. The summed E-state index contributed by atoms with van der Waals surface area (Å²) in [4.78, 5) is 9.38. The monoisotopic (exact) mass is 941 g/mol. The fourth-order valence-electron chi connectivity index (χ4n) is 3.11. The van der Waals surface area contributed by atoms with Gasteiger partial charge in [-0.3, -0.25) is 0 Å². The number of rotatable bonds is 3. The number of benzene rings is 2. The van der Waals surface area contributed by atoms with Gasteiger partial charge in [-0.2, -0.15) is 0 Å². The van der Waals surface area contributed by atoms with Crippen molar-refractivity contribution in [2.45, 2.75) is 6.42 Å². The van der Waals surface area contributed by atoms with Gasteiger partial charge < -0.3 is 5.73 Å². The first-order valence-corrected chi connectivity index (χ1v) is 13.9. The van der Waals surface area contributed by atoms with E-state index in [2.05, 4.69) is 160 Å². The predicted octanol–water partition coefficient (Wildman–Crippen LogP) is 7.62. The first kappa shape index (κ1) is 22.6. The molecule has 2 aromatic carbocycles. The van der Waals surface area contributed by atoms with Gasteiger partial charge in [-0.05, 0) is 148 Å². The van der Waals surface area contributed by atoms with Crippen LogP contribution >= 0.6 is 113 Å². The van der Waals surface area contributed by atoms with E-state index in [9.17, 15) is 0 Å². The summed E-state index contributed by atoms with van der Waals surface area (Å²) >= 11 is 11.9. The van der Waals surface area contributed by atoms with Gasteiger partial charge in [0.15, 0.2) is 0 Å². The van der Waals surface area contributed by atoms with Crippen LogP contribution in [0.1, 0.15) is 17.7 Å². The highest BCUT2D eigenvalue weighted by Crippen LogP contribution is 2.38. The van der Waals surface area contributed by atoms with Crippen molar-refractivity contribution in [2.75, 3.05) is 5.73 Å². The van der Waals surface area contributed by atoms with Crippen LogP contribution in [0.15, 0.2) is 48.7 Å². The van der Waals surface area contributed by atoms with Crippen molar-refractivity contribution in [3.63, 3.8) is 0 Å². The Kier molecular flexibility index (Phi) is 7.43. The van der Waals surface area contributed by atoms with Crippen LogP contribution in [0.5, 0.6) is 0 Å². The molecular formula is C21H12I5N3. The maximum absolute atomic E-state index is 6.23. The van der Waals surface area contributed by atoms with E-state index in [1.807, 2.05) is 0 Å². The Morgan fingerprint density at radius 2 is 1.52 bits per heavy atom. The third kappa shape index (κ3) is 4.79. The van der Waals surface area contributed by atoms with Crippen LogP contribution in [0.25, 0.3) is 22.4 Å². The summed E-state index contributed by atoms with van der Waals surface area (Å²) in [7, 11) is 0. The number of nitrogens with zero attached hydrogens (tertiary/aromatic N) is 2. The van der Waals surface area contributed by atoms with Crippen molar-refractivity contribution in [1.29, 1.82) is 0 Å². The molecule has 146 valence electrons. The molecule has 1 aromatic heterocycles. The quantitative estimate of drug-likeness (QED) is 0.218. The molecule has 3 nitrogen and oxygen atoms in total. The molecular weight excluding hydrogens is 929 g/mol. The van der Waals surface area contributed by atoms with Crippen molar-refractivity contribution < 1.29 is 0 Å². The molecule has 4 rings (SSSR count). The summed E-state index contributed by atoms with van der Waals surface area (Å²) in [6.07, 6.45) is 6.87. The molecule has 1 heterocycles. The fourth-order valence-corrected chi connectivity index (χ4v) is 7.24. The minimum absolute atomic E-state index is 0.474. The maximum atomic E-state index is 6.23. The Balaban J connectivity index is 1.67. The predicted molar refractivity (Wildman–Crippen MR) is 162 cm³/mol. The van der Waals surface area contributed by atoms with Gasteiger partial charge in [-0.1, -0.05) is 24.3 Å². The van der Waals surface area contributed by atoms with Crippen molar-refractivity contribution in [3.05, 3.63) is 77.8 Å². The summed E-state index contributed by atoms with van der Waals surface area (Å²) in [6, 6.07) is 10.8. The summed E-state index contributed by atoms with van der Waals surface area (Å²) < 4.78 is 6.16. The zero-order valence-corrected chi connectivity index (χ0v) is 25.5. The first-order valence-electron chi connectivity index (χ1n) is 8.47. The number of aromatic nitrogens is 2. The van der Waals surface area contributed by atoms with E-state index in [0.29, 0.717) is 5.82 Å². The number of hydrogen-bond donors (Lipinski definition) is 1. The molecule has 2 N–H and O–H groups in total. The molecule has 29 heavy (non-hydrogen) atoms. The third-order valence-corrected chi connectivity index (χ3v) is 11.3. The van der Waals surface area contributed by atoms with Crippen molar-refractivity contribution in [1.82, 2.24) is 9.97 Å². The van der Waals surface area contributed by atoms with E-state index in [1.165, 1.54) is 29.0 Å². The molecule has 0 saturated carbocycles. The number of hydrogen-bond acceptors (Lipinski definition) is 3. The summed E-state index contributed by atoms with van der Waals surface area (Å²) in [6.45, 7) is 0. The van der Waals surface area contributed by atoms with Gasteiger partial charge >= 0.3 is 0 Å². The van der Waals surface area contributed by atoms with Crippen molar-refractivity contribution in [2.24, 2.45) is 0 Å². The number of halogens is 5. The molecule has 1 aliphatic rings. The van der Waals surface area contributed by atoms with Crippen molar-refractivity contribution >= 4 is 130 Å². The second kappa shape index (κ2) is 9.52. The fraction of sp³-hybridized carbons (Fsp3) is 0.0476. The molecule has 0 aliphatic heterocycles. The van der Waals surface area contributed by atoms with Gasteiger partial charge in [0.05, 0.1) is 11.9 Å². The molecule has 0 unspecified atom stereocenters. The zero-order valence-electron chi connectivity index (χ0n) is 14.7. The lowest BCUT2D eigenvalue weighted by atomic mass is 10.0. The second-order valence-corrected chi connectivity index (χ2v) is 12.1. The van der Waals surface area contributed by atoms with Gasteiger partial charge in [0, 0.05) is 29.8 Å². The standard InChI is InChI=1S/C21H12I5N3/c22-12-3-4-13(16(24)8-12)10-1-2-11(7-10)20-21(27)28-9-17(29-20)14-5-6-15(23)19(26)18(14)25/h1-6,8-9H,7H2,(H2,27,28). The van der Waals surface area contributed by atoms with E-state index >= 15 is 0 Å². The van der Waals surface area contributed by atoms with Crippen LogP contribution < -0.4 is 5.73 Å². The minimum Gasteiger partial charge on any atom is -0.382 e. The number of anilines is 1. The summed E-state index contributed by atoms with van der Waals surface area (Å²) in [5.41, 5.74) is 12.6. The second-order valence-electron chi connectivity index (χ2n) is 6.40. The molecule has 0 radical (unpaired) electrons. The van der Waals surface area contributed by atoms with E-state index in [0.717, 1.165) is 28.9 Å². The van der Waals surface area contributed by atoms with Gasteiger partial charge in [-0.25, -0.2) is 9.97 Å². The zero-order chi connectivity index (χ0) is 20.7. The van der Waals surface area contributed by atoms with E-state index in [4.69, 9.17) is 10.7 Å². The lowest BCUT2D eigenvalue weighted by molar-refractivity contribution is 1.17. The smallest absolute Gasteiger partial charge is 0.149 e. The highest BCUT2D eigenvalue weighted by Gasteiger charge is 2.19. The van der Waals surface area contributed by atoms with Crippen LogP contribution in [-0.2, 0) is 0 Å². The molecule has 0 amide bonds. The average molecular weight is 941 g/mol. The molecule has 1 aliphatic carbocycles. The molecule has 0 atom stereocenters. The largest absolute Gasteiger partial charge is 0.382 e. The topological polar surface area (TPSA) is 51.8 Å². The molecule has 3 aromatic rings. The number of allylic oxidation sites excluding steroid dienone is 4. The normalized spacial score (nSPS) is 13.4. The van der Waals surface area contributed by atoms with E-state index < -0.39 is 0 Å². The Bertz CT molecular complexity index is 1200. The minimum atomic E-state index is 0.474. The van der Waals surface area contributed by atoms with Gasteiger partial charge in [-0.15, -0.1) is 0 Å². The highest BCUT2D eigenvalue weighted by atomic mass is 127. The molecule has 0 saturated heterocycles.